The Hall–Kier alpha value is -1.36. The number of aromatic nitrogens is 2. The first-order valence-electron chi connectivity index (χ1n) is 5.53. The van der Waals surface area contributed by atoms with E-state index in [4.69, 9.17) is 4.74 Å². The van der Waals surface area contributed by atoms with Crippen LogP contribution in [0.15, 0.2) is 12.4 Å². The van der Waals surface area contributed by atoms with Crippen molar-refractivity contribution in [3.63, 3.8) is 0 Å². The molecule has 90 valence electrons. The van der Waals surface area contributed by atoms with Crippen LogP contribution in [0, 0.1) is 0 Å². The van der Waals surface area contributed by atoms with E-state index in [0.29, 0.717) is 5.82 Å². The SMILES string of the molecule is CCCn1ccnc1CC(O)C(=O)OCC. The highest BCUT2D eigenvalue weighted by Crippen LogP contribution is 2.04. The van der Waals surface area contributed by atoms with Crippen molar-refractivity contribution < 1.29 is 14.6 Å². The van der Waals surface area contributed by atoms with Gasteiger partial charge in [0.05, 0.1) is 6.61 Å². The zero-order valence-corrected chi connectivity index (χ0v) is 9.72. The first-order chi connectivity index (χ1) is 7.69. The number of aryl methyl sites for hydroxylation is 1. The van der Waals surface area contributed by atoms with Crippen LogP contribution < -0.4 is 0 Å². The number of hydrogen-bond acceptors (Lipinski definition) is 4. The summed E-state index contributed by atoms with van der Waals surface area (Å²) in [5.41, 5.74) is 0. The van der Waals surface area contributed by atoms with Crippen molar-refractivity contribution in [2.24, 2.45) is 0 Å². The molecule has 0 aliphatic carbocycles. The van der Waals surface area contributed by atoms with Crippen LogP contribution in [-0.4, -0.2) is 33.3 Å². The van der Waals surface area contributed by atoms with Gasteiger partial charge in [-0.1, -0.05) is 6.92 Å². The van der Waals surface area contributed by atoms with Gasteiger partial charge in [-0.2, -0.15) is 0 Å². The Kier molecular flexibility index (Phi) is 4.98. The number of aliphatic hydroxyl groups is 1. The van der Waals surface area contributed by atoms with E-state index in [9.17, 15) is 9.90 Å². The van der Waals surface area contributed by atoms with E-state index in [0.717, 1.165) is 13.0 Å². The minimum absolute atomic E-state index is 0.200. The topological polar surface area (TPSA) is 64.3 Å². The van der Waals surface area contributed by atoms with Crippen LogP contribution in [-0.2, 0) is 22.5 Å². The van der Waals surface area contributed by atoms with Gasteiger partial charge in [0, 0.05) is 25.4 Å². The summed E-state index contributed by atoms with van der Waals surface area (Å²) in [6, 6.07) is 0. The van der Waals surface area contributed by atoms with Crippen molar-refractivity contribution in [2.45, 2.75) is 39.3 Å². The summed E-state index contributed by atoms with van der Waals surface area (Å²) in [6.07, 6.45) is 3.57. The average molecular weight is 226 g/mol. The third-order valence-electron chi connectivity index (χ3n) is 2.20. The number of carbonyl (C=O) groups is 1. The monoisotopic (exact) mass is 226 g/mol. The van der Waals surface area contributed by atoms with E-state index < -0.39 is 12.1 Å². The largest absolute Gasteiger partial charge is 0.464 e. The number of hydrogen-bond donors (Lipinski definition) is 1. The molecule has 0 spiro atoms. The maximum absolute atomic E-state index is 11.2. The molecule has 5 heteroatoms. The van der Waals surface area contributed by atoms with E-state index in [1.165, 1.54) is 0 Å². The van der Waals surface area contributed by atoms with E-state index in [-0.39, 0.29) is 13.0 Å². The van der Waals surface area contributed by atoms with Crippen molar-refractivity contribution in [1.82, 2.24) is 9.55 Å². The molecule has 1 N–H and O–H groups in total. The van der Waals surface area contributed by atoms with Gasteiger partial charge in [0.2, 0.25) is 0 Å². The molecule has 0 amide bonds. The van der Waals surface area contributed by atoms with Crippen LogP contribution in [0.3, 0.4) is 0 Å². The standard InChI is InChI=1S/C11H18N2O3/c1-3-6-13-7-5-12-10(13)8-9(14)11(15)16-4-2/h5,7,9,14H,3-4,6,8H2,1-2H3. The highest BCUT2D eigenvalue weighted by atomic mass is 16.5. The van der Waals surface area contributed by atoms with Crippen LogP contribution in [0.1, 0.15) is 26.1 Å². The number of imidazole rings is 1. The van der Waals surface area contributed by atoms with Gasteiger partial charge in [0.15, 0.2) is 6.10 Å². The first-order valence-corrected chi connectivity index (χ1v) is 5.53. The van der Waals surface area contributed by atoms with Crippen molar-refractivity contribution in [1.29, 1.82) is 0 Å². The van der Waals surface area contributed by atoms with Crippen molar-refractivity contribution in [3.05, 3.63) is 18.2 Å². The molecular weight excluding hydrogens is 208 g/mol. The van der Waals surface area contributed by atoms with Crippen LogP contribution in [0.25, 0.3) is 0 Å². The predicted octanol–water partition coefficient (Wildman–Crippen LogP) is 0.760. The molecule has 0 fully saturated rings. The van der Waals surface area contributed by atoms with Crippen molar-refractivity contribution in [2.75, 3.05) is 6.61 Å². The second-order valence-electron chi connectivity index (χ2n) is 3.51. The zero-order valence-electron chi connectivity index (χ0n) is 9.72. The maximum atomic E-state index is 11.2. The molecule has 1 aromatic rings. The molecule has 0 radical (unpaired) electrons. The Balaban J connectivity index is 2.58. The molecule has 1 rings (SSSR count). The summed E-state index contributed by atoms with van der Waals surface area (Å²) in [6.45, 7) is 4.89. The van der Waals surface area contributed by atoms with Gasteiger partial charge in [-0.15, -0.1) is 0 Å². The molecule has 0 bridgehead atoms. The number of carbonyl (C=O) groups excluding carboxylic acids is 1. The lowest BCUT2D eigenvalue weighted by atomic mass is 10.2. The normalized spacial score (nSPS) is 12.4. The Bertz CT molecular complexity index is 336. The molecule has 1 atom stereocenters. The second kappa shape index (κ2) is 6.27. The number of esters is 1. The summed E-state index contributed by atoms with van der Waals surface area (Å²) in [7, 11) is 0. The van der Waals surface area contributed by atoms with Crippen LogP contribution in [0.2, 0.25) is 0 Å². The molecule has 0 saturated heterocycles. The van der Waals surface area contributed by atoms with Gasteiger partial charge in [-0.05, 0) is 13.3 Å². The molecule has 0 aliphatic rings. The predicted molar refractivity (Wildman–Crippen MR) is 58.9 cm³/mol. The minimum Gasteiger partial charge on any atom is -0.464 e. The lowest BCUT2D eigenvalue weighted by molar-refractivity contribution is -0.152. The van der Waals surface area contributed by atoms with Gasteiger partial charge in [-0.3, -0.25) is 0 Å². The molecule has 5 nitrogen and oxygen atoms in total. The summed E-state index contributed by atoms with van der Waals surface area (Å²) >= 11 is 0. The first kappa shape index (κ1) is 12.7. The highest BCUT2D eigenvalue weighted by molar-refractivity contribution is 5.74. The molecule has 0 aliphatic heterocycles. The van der Waals surface area contributed by atoms with Crippen LogP contribution in [0.4, 0.5) is 0 Å². The Morgan fingerprint density at radius 2 is 2.38 bits per heavy atom. The fourth-order valence-corrected chi connectivity index (χ4v) is 1.47. The summed E-state index contributed by atoms with van der Waals surface area (Å²) in [5, 5.41) is 9.59. The number of rotatable bonds is 6. The highest BCUT2D eigenvalue weighted by Gasteiger charge is 2.18. The maximum Gasteiger partial charge on any atom is 0.335 e. The number of nitrogens with zero attached hydrogens (tertiary/aromatic N) is 2. The second-order valence-corrected chi connectivity index (χ2v) is 3.51. The summed E-state index contributed by atoms with van der Waals surface area (Å²) in [5.74, 6) is 0.121. The van der Waals surface area contributed by atoms with Gasteiger partial charge < -0.3 is 14.4 Å². The summed E-state index contributed by atoms with van der Waals surface area (Å²) in [4.78, 5) is 15.3. The summed E-state index contributed by atoms with van der Waals surface area (Å²) < 4.78 is 6.66. The molecule has 1 heterocycles. The molecule has 16 heavy (non-hydrogen) atoms. The smallest absolute Gasteiger partial charge is 0.335 e. The van der Waals surface area contributed by atoms with Gasteiger partial charge >= 0.3 is 5.97 Å². The quantitative estimate of drug-likeness (QED) is 0.727. The lowest BCUT2D eigenvalue weighted by Crippen LogP contribution is -2.26. The molecule has 0 aromatic carbocycles. The third kappa shape index (κ3) is 3.34. The molecular formula is C11H18N2O3. The molecule has 0 saturated carbocycles. The molecule has 1 aromatic heterocycles. The lowest BCUT2D eigenvalue weighted by Gasteiger charge is -2.10. The Labute approximate surface area is 95.1 Å². The zero-order chi connectivity index (χ0) is 12.0. The van der Waals surface area contributed by atoms with E-state index in [1.807, 2.05) is 10.8 Å². The number of ether oxygens (including phenoxy) is 1. The average Bonchev–Trinajstić information content (AvgIpc) is 2.67. The van der Waals surface area contributed by atoms with Crippen LogP contribution >= 0.6 is 0 Å². The van der Waals surface area contributed by atoms with Crippen LogP contribution in [0.5, 0.6) is 0 Å². The Morgan fingerprint density at radius 1 is 1.62 bits per heavy atom. The van der Waals surface area contributed by atoms with Gasteiger partial charge in [0.1, 0.15) is 5.82 Å². The number of aliphatic hydroxyl groups excluding tert-OH is 1. The van der Waals surface area contributed by atoms with Gasteiger partial charge in [-0.25, -0.2) is 9.78 Å². The van der Waals surface area contributed by atoms with Crippen molar-refractivity contribution in [3.8, 4) is 0 Å². The molecule has 1 unspecified atom stereocenters. The van der Waals surface area contributed by atoms with Gasteiger partial charge in [0.25, 0.3) is 0 Å². The van der Waals surface area contributed by atoms with Crippen molar-refractivity contribution >= 4 is 5.97 Å². The van der Waals surface area contributed by atoms with E-state index >= 15 is 0 Å². The Morgan fingerprint density at radius 3 is 3.00 bits per heavy atom. The fourth-order valence-electron chi connectivity index (χ4n) is 1.47. The third-order valence-corrected chi connectivity index (χ3v) is 2.20. The van der Waals surface area contributed by atoms with E-state index in [1.54, 1.807) is 13.1 Å². The van der Waals surface area contributed by atoms with E-state index in [2.05, 4.69) is 11.9 Å². The minimum atomic E-state index is -1.13. The fraction of sp³-hybridized carbons (Fsp3) is 0.636.